The highest BCUT2D eigenvalue weighted by Gasteiger charge is 2.31. The third-order valence-corrected chi connectivity index (χ3v) is 2.49. The SMILES string of the molecule is C=CCCC(CC=C)(CC=C)OC(=O)C(=C)C. The summed E-state index contributed by atoms with van der Waals surface area (Å²) in [6.07, 6.45) is 8.04. The third-order valence-electron chi connectivity index (χ3n) is 2.49. The van der Waals surface area contributed by atoms with Crippen LogP contribution in [0.2, 0.25) is 0 Å². The summed E-state index contributed by atoms with van der Waals surface area (Å²) in [4.78, 5) is 11.7. The van der Waals surface area contributed by atoms with E-state index in [9.17, 15) is 4.79 Å². The van der Waals surface area contributed by atoms with Crippen molar-refractivity contribution < 1.29 is 9.53 Å². The number of carbonyl (C=O) groups is 1. The minimum absolute atomic E-state index is 0.363. The van der Waals surface area contributed by atoms with E-state index in [1.165, 1.54) is 0 Å². The Balaban J connectivity index is 4.91. The van der Waals surface area contributed by atoms with Gasteiger partial charge in [-0.2, -0.15) is 0 Å². The van der Waals surface area contributed by atoms with Crippen LogP contribution in [0.4, 0.5) is 0 Å². The monoisotopic (exact) mass is 234 g/mol. The summed E-state index contributed by atoms with van der Waals surface area (Å²) < 4.78 is 5.55. The molecule has 94 valence electrons. The second kappa shape index (κ2) is 7.66. The van der Waals surface area contributed by atoms with Gasteiger partial charge in [-0.25, -0.2) is 4.79 Å². The maximum absolute atomic E-state index is 11.7. The molecule has 0 aromatic rings. The Hall–Kier alpha value is -1.57. The Morgan fingerprint density at radius 3 is 2.06 bits per heavy atom. The second-order valence-corrected chi connectivity index (χ2v) is 4.17. The number of hydrogen-bond donors (Lipinski definition) is 0. The van der Waals surface area contributed by atoms with E-state index in [1.807, 2.05) is 6.08 Å². The van der Waals surface area contributed by atoms with Crippen LogP contribution in [0, 0.1) is 0 Å². The molecule has 0 unspecified atom stereocenters. The van der Waals surface area contributed by atoms with Gasteiger partial charge in [0.25, 0.3) is 0 Å². The van der Waals surface area contributed by atoms with E-state index in [0.717, 1.165) is 6.42 Å². The minimum atomic E-state index is -0.562. The lowest BCUT2D eigenvalue weighted by Gasteiger charge is -2.31. The van der Waals surface area contributed by atoms with Crippen LogP contribution in [0.25, 0.3) is 0 Å². The molecule has 0 saturated heterocycles. The van der Waals surface area contributed by atoms with Crippen molar-refractivity contribution >= 4 is 5.97 Å². The van der Waals surface area contributed by atoms with Gasteiger partial charge in [0.15, 0.2) is 0 Å². The average molecular weight is 234 g/mol. The lowest BCUT2D eigenvalue weighted by Crippen LogP contribution is -2.34. The zero-order valence-electron chi connectivity index (χ0n) is 10.7. The summed E-state index contributed by atoms with van der Waals surface area (Å²) in [6, 6.07) is 0. The Morgan fingerprint density at radius 2 is 1.71 bits per heavy atom. The van der Waals surface area contributed by atoms with Crippen molar-refractivity contribution in [1.29, 1.82) is 0 Å². The molecule has 0 rings (SSSR count). The predicted octanol–water partition coefficient (Wildman–Crippen LogP) is 3.96. The maximum Gasteiger partial charge on any atom is 0.333 e. The molecule has 0 radical (unpaired) electrons. The first-order chi connectivity index (χ1) is 8.01. The van der Waals surface area contributed by atoms with E-state index in [-0.39, 0.29) is 5.97 Å². The van der Waals surface area contributed by atoms with Gasteiger partial charge in [0.1, 0.15) is 5.60 Å². The molecule has 0 aliphatic heterocycles. The van der Waals surface area contributed by atoms with Crippen LogP contribution in [-0.2, 0) is 9.53 Å². The molecule has 0 aromatic heterocycles. The van der Waals surface area contributed by atoms with Gasteiger partial charge in [-0.15, -0.1) is 19.7 Å². The quantitative estimate of drug-likeness (QED) is 0.343. The smallest absolute Gasteiger partial charge is 0.333 e. The van der Waals surface area contributed by atoms with Gasteiger partial charge in [-0.1, -0.05) is 24.8 Å². The number of hydrogen-bond acceptors (Lipinski definition) is 2. The fourth-order valence-electron chi connectivity index (χ4n) is 1.60. The standard InChI is InChI=1S/C15H22O2/c1-6-9-12-15(10-7-2,11-8-3)17-14(16)13(4)5/h6-8H,1-4,9-12H2,5H3. The van der Waals surface area contributed by atoms with Crippen LogP contribution in [0.1, 0.15) is 32.6 Å². The maximum atomic E-state index is 11.7. The zero-order valence-corrected chi connectivity index (χ0v) is 10.7. The van der Waals surface area contributed by atoms with Crippen molar-refractivity contribution in [2.45, 2.75) is 38.2 Å². The van der Waals surface area contributed by atoms with Crippen molar-refractivity contribution in [3.8, 4) is 0 Å². The second-order valence-electron chi connectivity index (χ2n) is 4.17. The third kappa shape index (κ3) is 5.34. The molecule has 0 spiro atoms. The van der Waals surface area contributed by atoms with E-state index in [0.29, 0.717) is 24.8 Å². The highest BCUT2D eigenvalue weighted by Crippen LogP contribution is 2.29. The Kier molecular flexibility index (Phi) is 6.95. The van der Waals surface area contributed by atoms with Crippen LogP contribution in [-0.4, -0.2) is 11.6 Å². The van der Waals surface area contributed by atoms with Crippen LogP contribution < -0.4 is 0 Å². The molecule has 0 aliphatic carbocycles. The first kappa shape index (κ1) is 15.4. The molecule has 2 heteroatoms. The Bertz CT molecular complexity index is 303. The molecule has 0 heterocycles. The summed E-state index contributed by atoms with van der Waals surface area (Å²) in [5, 5.41) is 0. The predicted molar refractivity (Wildman–Crippen MR) is 72.7 cm³/mol. The highest BCUT2D eigenvalue weighted by molar-refractivity contribution is 5.87. The lowest BCUT2D eigenvalue weighted by molar-refractivity contribution is -0.155. The van der Waals surface area contributed by atoms with Crippen molar-refractivity contribution in [3.63, 3.8) is 0 Å². The number of esters is 1. The van der Waals surface area contributed by atoms with E-state index in [1.54, 1.807) is 19.1 Å². The largest absolute Gasteiger partial charge is 0.455 e. The number of carbonyl (C=O) groups excluding carboxylic acids is 1. The lowest BCUT2D eigenvalue weighted by atomic mass is 9.89. The normalized spacial score (nSPS) is 10.4. The summed E-state index contributed by atoms with van der Waals surface area (Å²) in [7, 11) is 0. The van der Waals surface area contributed by atoms with Crippen LogP contribution in [0.5, 0.6) is 0 Å². The molecule has 0 aromatic carbocycles. The van der Waals surface area contributed by atoms with Gasteiger partial charge in [-0.05, 0) is 19.8 Å². The molecule has 0 amide bonds. The molecule has 0 fully saturated rings. The Labute approximate surface area is 104 Å². The van der Waals surface area contributed by atoms with Crippen LogP contribution in [0.3, 0.4) is 0 Å². The molecule has 0 N–H and O–H groups in total. The number of ether oxygens (including phenoxy) is 1. The molecular weight excluding hydrogens is 212 g/mol. The van der Waals surface area contributed by atoms with Crippen molar-refractivity contribution in [2.75, 3.05) is 0 Å². The number of allylic oxidation sites excluding steroid dienone is 1. The summed E-state index contributed by atoms with van der Waals surface area (Å²) in [6.45, 7) is 16.4. The van der Waals surface area contributed by atoms with Gasteiger partial charge < -0.3 is 4.74 Å². The minimum Gasteiger partial charge on any atom is -0.455 e. The van der Waals surface area contributed by atoms with Crippen molar-refractivity contribution in [2.24, 2.45) is 0 Å². The molecule has 2 nitrogen and oxygen atoms in total. The molecule has 0 atom stereocenters. The van der Waals surface area contributed by atoms with Crippen molar-refractivity contribution in [1.82, 2.24) is 0 Å². The van der Waals surface area contributed by atoms with Gasteiger partial charge in [0.2, 0.25) is 0 Å². The van der Waals surface area contributed by atoms with Crippen molar-refractivity contribution in [3.05, 3.63) is 50.1 Å². The fraction of sp³-hybridized carbons (Fsp3) is 0.400. The van der Waals surface area contributed by atoms with Crippen LogP contribution >= 0.6 is 0 Å². The summed E-state index contributed by atoms with van der Waals surface area (Å²) in [5.74, 6) is -0.363. The van der Waals surface area contributed by atoms with E-state index < -0.39 is 5.60 Å². The molecule has 0 saturated carbocycles. The molecule has 17 heavy (non-hydrogen) atoms. The summed E-state index contributed by atoms with van der Waals surface area (Å²) in [5.41, 5.74) is -0.158. The first-order valence-electron chi connectivity index (χ1n) is 5.73. The molecular formula is C15H22O2. The first-order valence-corrected chi connectivity index (χ1v) is 5.73. The number of rotatable bonds is 9. The van der Waals surface area contributed by atoms with Gasteiger partial charge in [0, 0.05) is 18.4 Å². The highest BCUT2D eigenvalue weighted by atomic mass is 16.6. The average Bonchev–Trinajstić information content (AvgIpc) is 2.27. The fourth-order valence-corrected chi connectivity index (χ4v) is 1.60. The van der Waals surface area contributed by atoms with E-state index in [2.05, 4.69) is 26.3 Å². The van der Waals surface area contributed by atoms with E-state index in [4.69, 9.17) is 4.74 Å². The van der Waals surface area contributed by atoms with Gasteiger partial charge in [-0.3, -0.25) is 0 Å². The summed E-state index contributed by atoms with van der Waals surface area (Å²) >= 11 is 0. The molecule has 0 bridgehead atoms. The van der Waals surface area contributed by atoms with Crippen LogP contribution in [0.15, 0.2) is 50.1 Å². The topological polar surface area (TPSA) is 26.3 Å². The zero-order chi connectivity index (χ0) is 13.3. The van der Waals surface area contributed by atoms with Gasteiger partial charge >= 0.3 is 5.97 Å². The van der Waals surface area contributed by atoms with E-state index >= 15 is 0 Å². The molecule has 0 aliphatic rings. The Morgan fingerprint density at radius 1 is 1.18 bits per heavy atom. The van der Waals surface area contributed by atoms with Gasteiger partial charge in [0.05, 0.1) is 0 Å².